The first-order valence-corrected chi connectivity index (χ1v) is 8.70. The number of nitrogens with zero attached hydrogens (tertiary/aromatic N) is 2. The zero-order chi connectivity index (χ0) is 16.4. The summed E-state index contributed by atoms with van der Waals surface area (Å²) >= 11 is 4.91. The Morgan fingerprint density at radius 3 is 2.96 bits per heavy atom. The Balaban J connectivity index is 2.04. The fourth-order valence-corrected chi connectivity index (χ4v) is 3.39. The molecular formula is C16H14BrN3O2S. The maximum atomic E-state index is 12.1. The number of hydrogen-bond acceptors (Lipinski definition) is 6. The van der Waals surface area contributed by atoms with Crippen LogP contribution in [0.25, 0.3) is 10.2 Å². The van der Waals surface area contributed by atoms with E-state index in [1.54, 1.807) is 12.3 Å². The van der Waals surface area contributed by atoms with Crippen molar-refractivity contribution in [3.05, 3.63) is 45.5 Å². The molecule has 1 N–H and O–H groups in total. The smallest absolute Gasteiger partial charge is 0.339 e. The van der Waals surface area contributed by atoms with Crippen LogP contribution in [0.5, 0.6) is 0 Å². The van der Waals surface area contributed by atoms with Crippen LogP contribution in [-0.2, 0) is 4.74 Å². The molecule has 0 saturated carbocycles. The number of anilines is 2. The molecule has 0 atom stereocenters. The number of halogens is 1. The molecule has 2 heterocycles. The Bertz CT molecular complexity index is 879. The summed E-state index contributed by atoms with van der Waals surface area (Å²) in [5, 5.41) is 5.70. The lowest BCUT2D eigenvalue weighted by Crippen LogP contribution is -2.05. The Kier molecular flexibility index (Phi) is 4.58. The largest absolute Gasteiger partial charge is 0.462 e. The Morgan fingerprint density at radius 2 is 2.22 bits per heavy atom. The van der Waals surface area contributed by atoms with Crippen LogP contribution in [0.15, 0.2) is 34.4 Å². The summed E-state index contributed by atoms with van der Waals surface area (Å²) in [6.45, 7) is 4.14. The zero-order valence-corrected chi connectivity index (χ0v) is 15.0. The number of aromatic nitrogens is 2. The fraction of sp³-hybridized carbons (Fsp3) is 0.188. The number of benzene rings is 1. The van der Waals surface area contributed by atoms with Gasteiger partial charge in [0.1, 0.15) is 17.0 Å². The standard InChI is InChI=1S/C16H14BrN3O2S/c1-3-22-16(21)11-7-23-15-13(11)14(18-8-19-15)20-10-5-4-9(2)12(17)6-10/h4-8H,3H2,1-2H3,(H,18,19,20). The van der Waals surface area contributed by atoms with Gasteiger partial charge in [0.05, 0.1) is 17.6 Å². The lowest BCUT2D eigenvalue weighted by molar-refractivity contribution is 0.0529. The maximum absolute atomic E-state index is 12.1. The average Bonchev–Trinajstić information content (AvgIpc) is 2.96. The van der Waals surface area contributed by atoms with Crippen molar-refractivity contribution in [3.8, 4) is 0 Å². The molecule has 1 aromatic carbocycles. The summed E-state index contributed by atoms with van der Waals surface area (Å²) in [7, 11) is 0. The molecule has 7 heteroatoms. The Morgan fingerprint density at radius 1 is 1.39 bits per heavy atom. The van der Waals surface area contributed by atoms with E-state index >= 15 is 0 Å². The van der Waals surface area contributed by atoms with E-state index in [0.717, 1.165) is 20.6 Å². The molecule has 0 saturated heterocycles. The van der Waals surface area contributed by atoms with Crippen LogP contribution in [0.2, 0.25) is 0 Å². The molecule has 5 nitrogen and oxygen atoms in total. The number of esters is 1. The van der Waals surface area contributed by atoms with E-state index in [4.69, 9.17) is 4.74 Å². The molecule has 0 fully saturated rings. The first-order valence-electron chi connectivity index (χ1n) is 7.02. The first-order chi connectivity index (χ1) is 11.1. The molecule has 0 aliphatic carbocycles. The fourth-order valence-electron chi connectivity index (χ4n) is 2.14. The van der Waals surface area contributed by atoms with Crippen molar-refractivity contribution in [2.45, 2.75) is 13.8 Å². The first kappa shape index (κ1) is 15.9. The van der Waals surface area contributed by atoms with E-state index in [1.165, 1.54) is 17.7 Å². The Labute approximate surface area is 145 Å². The minimum absolute atomic E-state index is 0.331. The van der Waals surface area contributed by atoms with Crippen molar-refractivity contribution >= 4 is 55.0 Å². The zero-order valence-electron chi connectivity index (χ0n) is 12.6. The number of rotatable bonds is 4. The second-order valence-corrected chi connectivity index (χ2v) is 6.57. The van der Waals surface area contributed by atoms with Crippen LogP contribution in [0.1, 0.15) is 22.8 Å². The average molecular weight is 392 g/mol. The van der Waals surface area contributed by atoms with E-state index in [1.807, 2.05) is 25.1 Å². The van der Waals surface area contributed by atoms with Crippen LogP contribution in [0.4, 0.5) is 11.5 Å². The predicted octanol–water partition coefficient (Wildman–Crippen LogP) is 4.68. The lowest BCUT2D eigenvalue weighted by Gasteiger charge is -2.09. The molecule has 0 aliphatic rings. The van der Waals surface area contributed by atoms with Gasteiger partial charge < -0.3 is 10.1 Å². The number of hydrogen-bond donors (Lipinski definition) is 1. The predicted molar refractivity (Wildman–Crippen MR) is 95.5 cm³/mol. The number of thiophene rings is 1. The number of aryl methyl sites for hydroxylation is 1. The summed E-state index contributed by atoms with van der Waals surface area (Å²) in [6.07, 6.45) is 1.49. The third kappa shape index (κ3) is 3.20. The van der Waals surface area contributed by atoms with Crippen molar-refractivity contribution < 1.29 is 9.53 Å². The van der Waals surface area contributed by atoms with Crippen molar-refractivity contribution in [2.75, 3.05) is 11.9 Å². The minimum atomic E-state index is -0.360. The van der Waals surface area contributed by atoms with Gasteiger partial charge in [-0.1, -0.05) is 22.0 Å². The maximum Gasteiger partial charge on any atom is 0.339 e. The lowest BCUT2D eigenvalue weighted by atomic mass is 10.2. The normalized spacial score (nSPS) is 10.7. The summed E-state index contributed by atoms with van der Waals surface area (Å²) in [5.74, 6) is 0.233. The molecule has 23 heavy (non-hydrogen) atoms. The minimum Gasteiger partial charge on any atom is -0.462 e. The van der Waals surface area contributed by atoms with Crippen LogP contribution < -0.4 is 5.32 Å². The van der Waals surface area contributed by atoms with E-state index < -0.39 is 0 Å². The molecule has 3 aromatic rings. The SMILES string of the molecule is CCOC(=O)c1csc2ncnc(Nc3ccc(C)c(Br)c3)c12. The second kappa shape index (κ2) is 6.64. The molecule has 0 aliphatic heterocycles. The van der Waals surface area contributed by atoms with Crippen molar-refractivity contribution in [3.63, 3.8) is 0 Å². The highest BCUT2D eigenvalue weighted by atomic mass is 79.9. The number of ether oxygens (including phenoxy) is 1. The van der Waals surface area contributed by atoms with Gasteiger partial charge in [-0.15, -0.1) is 11.3 Å². The Hall–Kier alpha value is -1.99. The van der Waals surface area contributed by atoms with E-state index in [0.29, 0.717) is 23.4 Å². The summed E-state index contributed by atoms with van der Waals surface area (Å²) in [4.78, 5) is 21.4. The summed E-state index contributed by atoms with van der Waals surface area (Å²) < 4.78 is 6.11. The number of nitrogens with one attached hydrogen (secondary N) is 1. The molecular weight excluding hydrogens is 378 g/mol. The van der Waals surface area contributed by atoms with Crippen LogP contribution in [-0.4, -0.2) is 22.5 Å². The van der Waals surface area contributed by atoms with E-state index in [9.17, 15) is 4.79 Å². The number of carbonyl (C=O) groups is 1. The van der Waals surface area contributed by atoms with Gasteiger partial charge in [-0.2, -0.15) is 0 Å². The van der Waals surface area contributed by atoms with Crippen LogP contribution in [0, 0.1) is 6.92 Å². The van der Waals surface area contributed by atoms with E-state index in [2.05, 4.69) is 31.2 Å². The van der Waals surface area contributed by atoms with Gasteiger partial charge >= 0.3 is 5.97 Å². The molecule has 0 spiro atoms. The van der Waals surface area contributed by atoms with Gasteiger partial charge in [0.15, 0.2) is 0 Å². The molecule has 118 valence electrons. The molecule has 0 bridgehead atoms. The van der Waals surface area contributed by atoms with Gasteiger partial charge in [0, 0.05) is 15.5 Å². The van der Waals surface area contributed by atoms with Crippen LogP contribution >= 0.6 is 27.3 Å². The molecule has 0 radical (unpaired) electrons. The van der Waals surface area contributed by atoms with Gasteiger partial charge in [-0.3, -0.25) is 0 Å². The number of fused-ring (bicyclic) bond motifs is 1. The highest BCUT2D eigenvalue weighted by Crippen LogP contribution is 2.32. The highest BCUT2D eigenvalue weighted by Gasteiger charge is 2.18. The molecule has 0 amide bonds. The molecule has 2 aromatic heterocycles. The van der Waals surface area contributed by atoms with Gasteiger partial charge in [-0.25, -0.2) is 14.8 Å². The topological polar surface area (TPSA) is 64.1 Å². The van der Waals surface area contributed by atoms with Crippen molar-refractivity contribution in [1.29, 1.82) is 0 Å². The van der Waals surface area contributed by atoms with Crippen molar-refractivity contribution in [2.24, 2.45) is 0 Å². The van der Waals surface area contributed by atoms with Gasteiger partial charge in [-0.05, 0) is 31.5 Å². The third-order valence-electron chi connectivity index (χ3n) is 3.30. The number of carbonyl (C=O) groups excluding carboxylic acids is 1. The van der Waals surface area contributed by atoms with Crippen molar-refractivity contribution in [1.82, 2.24) is 9.97 Å². The molecule has 0 unspecified atom stereocenters. The monoisotopic (exact) mass is 391 g/mol. The third-order valence-corrected chi connectivity index (χ3v) is 5.04. The van der Waals surface area contributed by atoms with Gasteiger partial charge in [0.25, 0.3) is 0 Å². The highest BCUT2D eigenvalue weighted by molar-refractivity contribution is 9.10. The van der Waals surface area contributed by atoms with Crippen LogP contribution in [0.3, 0.4) is 0 Å². The summed E-state index contributed by atoms with van der Waals surface area (Å²) in [5.41, 5.74) is 2.51. The second-order valence-electron chi connectivity index (χ2n) is 4.86. The van der Waals surface area contributed by atoms with E-state index in [-0.39, 0.29) is 5.97 Å². The summed E-state index contributed by atoms with van der Waals surface area (Å²) in [6, 6.07) is 5.94. The molecule has 3 rings (SSSR count). The van der Waals surface area contributed by atoms with Gasteiger partial charge in [0.2, 0.25) is 0 Å². The quantitative estimate of drug-likeness (QED) is 0.653.